The van der Waals surface area contributed by atoms with Gasteiger partial charge in [0.1, 0.15) is 5.01 Å². The lowest BCUT2D eigenvalue weighted by Crippen LogP contribution is -2.22. The lowest BCUT2D eigenvalue weighted by molar-refractivity contribution is 0.416. The van der Waals surface area contributed by atoms with Crippen molar-refractivity contribution < 1.29 is 5.11 Å². The van der Waals surface area contributed by atoms with Gasteiger partial charge in [0, 0.05) is 22.9 Å². The average molecular weight is 402 g/mol. The van der Waals surface area contributed by atoms with Crippen LogP contribution in [0.15, 0.2) is 64.4 Å². The summed E-state index contributed by atoms with van der Waals surface area (Å²) in [7, 11) is 0. The zero-order chi connectivity index (χ0) is 19.8. The van der Waals surface area contributed by atoms with Crippen LogP contribution in [0.5, 0.6) is 5.88 Å². The van der Waals surface area contributed by atoms with Crippen LogP contribution in [0.2, 0.25) is 0 Å². The van der Waals surface area contributed by atoms with Gasteiger partial charge in [-0.3, -0.25) is 9.36 Å². The third kappa shape index (κ3) is 3.45. The highest BCUT2D eigenvalue weighted by Gasteiger charge is 2.27. The van der Waals surface area contributed by atoms with Crippen LogP contribution in [-0.2, 0) is 6.54 Å². The standard InChI is InChI=1S/C22H18N4O2S/c27-20-17-9-5-4-8-16(17)18(12-23-22-25-24-19(29-22)15-10-11-15)21(28)26(20)13-14-6-2-1-3-7-14/h1-9,12,15,28H,10-11,13H2/b23-12+. The summed E-state index contributed by atoms with van der Waals surface area (Å²) in [5.41, 5.74) is 1.20. The molecule has 2 aromatic carbocycles. The molecule has 0 spiro atoms. The molecule has 0 unspecified atom stereocenters. The molecule has 1 aliphatic rings. The Bertz CT molecular complexity index is 1270. The lowest BCUT2D eigenvalue weighted by Gasteiger charge is -2.13. The number of hydrogen-bond acceptors (Lipinski definition) is 6. The van der Waals surface area contributed by atoms with Gasteiger partial charge < -0.3 is 5.11 Å². The Labute approximate surface area is 170 Å². The molecule has 1 saturated carbocycles. The first-order valence-corrected chi connectivity index (χ1v) is 10.3. The summed E-state index contributed by atoms with van der Waals surface area (Å²) in [5.74, 6) is 0.423. The Morgan fingerprint density at radius 2 is 1.79 bits per heavy atom. The molecular weight excluding hydrogens is 384 g/mol. The molecule has 0 saturated heterocycles. The summed E-state index contributed by atoms with van der Waals surface area (Å²) in [5, 5.41) is 22.0. The summed E-state index contributed by atoms with van der Waals surface area (Å²) >= 11 is 1.47. The van der Waals surface area contributed by atoms with Gasteiger partial charge in [0.15, 0.2) is 0 Å². The monoisotopic (exact) mass is 402 g/mol. The summed E-state index contributed by atoms with van der Waals surface area (Å²) < 4.78 is 1.38. The third-order valence-corrected chi connectivity index (χ3v) is 6.03. The van der Waals surface area contributed by atoms with Gasteiger partial charge in [0.2, 0.25) is 11.0 Å². The Kier molecular flexibility index (Phi) is 4.44. The van der Waals surface area contributed by atoms with Crippen molar-refractivity contribution in [3.05, 3.63) is 81.1 Å². The molecule has 0 bridgehead atoms. The molecule has 29 heavy (non-hydrogen) atoms. The van der Waals surface area contributed by atoms with E-state index < -0.39 is 0 Å². The highest BCUT2D eigenvalue weighted by Crippen LogP contribution is 2.42. The summed E-state index contributed by atoms with van der Waals surface area (Å²) in [4.78, 5) is 17.4. The van der Waals surface area contributed by atoms with Crippen LogP contribution in [0.25, 0.3) is 10.8 Å². The number of benzene rings is 2. The number of aromatic hydroxyl groups is 1. The van der Waals surface area contributed by atoms with E-state index in [1.807, 2.05) is 48.5 Å². The van der Waals surface area contributed by atoms with Gasteiger partial charge in [-0.05, 0) is 24.5 Å². The Hall–Kier alpha value is -3.32. The average Bonchev–Trinajstić information content (AvgIpc) is 3.50. The van der Waals surface area contributed by atoms with Gasteiger partial charge in [0.05, 0.1) is 12.1 Å². The van der Waals surface area contributed by atoms with Crippen LogP contribution in [0.3, 0.4) is 0 Å². The minimum atomic E-state index is -0.231. The highest BCUT2D eigenvalue weighted by atomic mass is 32.1. The minimum absolute atomic E-state index is 0.103. The summed E-state index contributed by atoms with van der Waals surface area (Å²) in [6, 6.07) is 16.8. The number of aliphatic imine (C=N–C) groups is 1. The Balaban J connectivity index is 1.61. The Morgan fingerprint density at radius 3 is 2.55 bits per heavy atom. The van der Waals surface area contributed by atoms with Gasteiger partial charge in [-0.15, -0.1) is 10.2 Å². The summed E-state index contributed by atoms with van der Waals surface area (Å²) in [6.45, 7) is 0.280. The van der Waals surface area contributed by atoms with E-state index in [0.29, 0.717) is 27.4 Å². The smallest absolute Gasteiger partial charge is 0.261 e. The van der Waals surface area contributed by atoms with Crippen LogP contribution in [0, 0.1) is 0 Å². The maximum atomic E-state index is 13.0. The first kappa shape index (κ1) is 17.8. The van der Waals surface area contributed by atoms with E-state index >= 15 is 0 Å². The van der Waals surface area contributed by atoms with E-state index in [1.165, 1.54) is 15.9 Å². The normalized spacial score (nSPS) is 14.1. The van der Waals surface area contributed by atoms with Crippen LogP contribution < -0.4 is 5.56 Å². The van der Waals surface area contributed by atoms with Crippen molar-refractivity contribution in [1.82, 2.24) is 14.8 Å². The predicted octanol–water partition coefficient (Wildman–Crippen LogP) is 4.23. The van der Waals surface area contributed by atoms with E-state index in [-0.39, 0.29) is 18.0 Å². The fraction of sp³-hybridized carbons (Fsp3) is 0.182. The van der Waals surface area contributed by atoms with E-state index in [2.05, 4.69) is 15.2 Å². The number of pyridine rings is 1. The van der Waals surface area contributed by atoms with Gasteiger partial charge in [-0.25, -0.2) is 4.99 Å². The van der Waals surface area contributed by atoms with E-state index in [9.17, 15) is 9.90 Å². The van der Waals surface area contributed by atoms with Crippen LogP contribution in [0.4, 0.5) is 5.13 Å². The Morgan fingerprint density at radius 1 is 1.07 bits per heavy atom. The molecule has 144 valence electrons. The first-order chi connectivity index (χ1) is 14.2. The molecule has 2 heterocycles. The highest BCUT2D eigenvalue weighted by molar-refractivity contribution is 7.15. The number of aromatic nitrogens is 3. The largest absolute Gasteiger partial charge is 0.494 e. The number of rotatable bonds is 5. The number of fused-ring (bicyclic) bond motifs is 1. The SMILES string of the molecule is O=c1c2ccccc2c(/C=N/c2nnc(C3CC3)s2)c(O)n1Cc1ccccc1. The molecule has 0 amide bonds. The van der Waals surface area contributed by atoms with Crippen molar-refractivity contribution in [2.45, 2.75) is 25.3 Å². The molecule has 6 nitrogen and oxygen atoms in total. The van der Waals surface area contributed by atoms with Crippen molar-refractivity contribution >= 4 is 33.5 Å². The minimum Gasteiger partial charge on any atom is -0.494 e. The van der Waals surface area contributed by atoms with Crippen LogP contribution in [0.1, 0.15) is 34.9 Å². The van der Waals surface area contributed by atoms with Gasteiger partial charge in [-0.2, -0.15) is 0 Å². The number of nitrogens with zero attached hydrogens (tertiary/aromatic N) is 4. The van der Waals surface area contributed by atoms with E-state index in [4.69, 9.17) is 0 Å². The molecule has 0 atom stereocenters. The number of hydrogen-bond donors (Lipinski definition) is 1. The second kappa shape index (κ2) is 7.25. The second-order valence-corrected chi connectivity index (χ2v) is 8.10. The van der Waals surface area contributed by atoms with Crippen molar-refractivity contribution in [2.75, 3.05) is 0 Å². The zero-order valence-electron chi connectivity index (χ0n) is 15.5. The van der Waals surface area contributed by atoms with E-state index in [0.717, 1.165) is 23.4 Å². The zero-order valence-corrected chi connectivity index (χ0v) is 16.3. The van der Waals surface area contributed by atoms with Crippen molar-refractivity contribution in [3.8, 4) is 5.88 Å². The van der Waals surface area contributed by atoms with E-state index in [1.54, 1.807) is 12.3 Å². The molecule has 5 rings (SSSR count). The quantitative estimate of drug-likeness (QED) is 0.507. The molecule has 1 fully saturated rings. The fourth-order valence-electron chi connectivity index (χ4n) is 3.35. The molecule has 1 aliphatic carbocycles. The van der Waals surface area contributed by atoms with Gasteiger partial charge in [-0.1, -0.05) is 59.9 Å². The summed E-state index contributed by atoms with van der Waals surface area (Å²) in [6.07, 6.45) is 3.90. The van der Waals surface area contributed by atoms with Gasteiger partial charge >= 0.3 is 0 Å². The maximum Gasteiger partial charge on any atom is 0.261 e. The van der Waals surface area contributed by atoms with Crippen molar-refractivity contribution in [2.24, 2.45) is 4.99 Å². The topological polar surface area (TPSA) is 80.4 Å². The molecule has 7 heteroatoms. The van der Waals surface area contributed by atoms with Crippen LogP contribution in [-0.4, -0.2) is 26.1 Å². The van der Waals surface area contributed by atoms with Crippen molar-refractivity contribution in [1.29, 1.82) is 0 Å². The van der Waals surface area contributed by atoms with Crippen molar-refractivity contribution in [3.63, 3.8) is 0 Å². The second-order valence-electron chi connectivity index (χ2n) is 7.12. The molecule has 0 radical (unpaired) electrons. The molecule has 0 aliphatic heterocycles. The van der Waals surface area contributed by atoms with Gasteiger partial charge in [0.25, 0.3) is 5.56 Å². The van der Waals surface area contributed by atoms with Crippen LogP contribution >= 0.6 is 11.3 Å². The molecule has 1 N–H and O–H groups in total. The lowest BCUT2D eigenvalue weighted by atomic mass is 10.1. The maximum absolute atomic E-state index is 13.0. The third-order valence-electron chi connectivity index (χ3n) is 5.03. The first-order valence-electron chi connectivity index (χ1n) is 9.46. The molecule has 4 aromatic rings. The molecular formula is C22H18N4O2S. The molecule has 2 aromatic heterocycles. The predicted molar refractivity (Wildman–Crippen MR) is 115 cm³/mol. The fourth-order valence-corrected chi connectivity index (χ4v) is 4.20.